The first-order valence-electron chi connectivity index (χ1n) is 9.93. The number of carbonyl (C=O) groups is 1. The summed E-state index contributed by atoms with van der Waals surface area (Å²) in [5.74, 6) is 0.756. The molecule has 6 nitrogen and oxygen atoms in total. The lowest BCUT2D eigenvalue weighted by Crippen LogP contribution is -2.42. The van der Waals surface area contributed by atoms with Crippen LogP contribution in [-0.2, 0) is 9.53 Å². The number of nitrogens with zero attached hydrogens (tertiary/aromatic N) is 2. The molecular formula is C21H29N3O3S. The van der Waals surface area contributed by atoms with Crippen molar-refractivity contribution >= 4 is 28.6 Å². The van der Waals surface area contributed by atoms with Crippen LogP contribution in [0.1, 0.15) is 45.6 Å². The van der Waals surface area contributed by atoms with E-state index in [1.807, 2.05) is 25.1 Å². The topological polar surface area (TPSA) is 73.2 Å². The van der Waals surface area contributed by atoms with Crippen LogP contribution in [0.15, 0.2) is 34.2 Å². The molecule has 3 rings (SSSR count). The van der Waals surface area contributed by atoms with Crippen molar-refractivity contribution in [3.8, 4) is 0 Å². The van der Waals surface area contributed by atoms with Crippen molar-refractivity contribution in [3.05, 3.63) is 34.6 Å². The lowest BCUT2D eigenvalue weighted by Gasteiger charge is -2.29. The first-order valence-corrected chi connectivity index (χ1v) is 10.9. The Balaban J connectivity index is 1.80. The first-order chi connectivity index (χ1) is 13.5. The van der Waals surface area contributed by atoms with E-state index in [1.54, 1.807) is 17.7 Å². The third kappa shape index (κ3) is 4.75. The molecule has 7 heteroatoms. The zero-order chi connectivity index (χ0) is 20.1. The highest BCUT2D eigenvalue weighted by Crippen LogP contribution is 2.25. The number of fused-ring (bicyclic) bond motifs is 1. The lowest BCUT2D eigenvalue weighted by molar-refractivity contribution is -0.119. The summed E-state index contributed by atoms with van der Waals surface area (Å²) in [7, 11) is 1.61. The number of nitrogens with one attached hydrogen (secondary N) is 1. The number of carbonyl (C=O) groups excluding carboxylic acids is 1. The van der Waals surface area contributed by atoms with E-state index in [2.05, 4.69) is 17.2 Å². The minimum atomic E-state index is -0.168. The number of benzene rings is 1. The van der Waals surface area contributed by atoms with Crippen molar-refractivity contribution in [3.63, 3.8) is 0 Å². The Morgan fingerprint density at radius 1 is 1.36 bits per heavy atom. The zero-order valence-corrected chi connectivity index (χ0v) is 17.6. The predicted molar refractivity (Wildman–Crippen MR) is 113 cm³/mol. The molecule has 0 bridgehead atoms. The van der Waals surface area contributed by atoms with Gasteiger partial charge in [-0.2, -0.15) is 0 Å². The fourth-order valence-electron chi connectivity index (χ4n) is 3.84. The van der Waals surface area contributed by atoms with Crippen molar-refractivity contribution in [2.24, 2.45) is 5.92 Å². The van der Waals surface area contributed by atoms with Gasteiger partial charge in [0.25, 0.3) is 5.56 Å². The molecule has 1 N–H and O–H groups in total. The number of ether oxygens (including phenoxy) is 1. The number of hydrogen-bond donors (Lipinski definition) is 1. The number of methoxy groups -OCH3 is 1. The second-order valence-electron chi connectivity index (χ2n) is 7.62. The largest absolute Gasteiger partial charge is 0.383 e. The van der Waals surface area contributed by atoms with E-state index in [-0.39, 0.29) is 29.3 Å². The summed E-state index contributed by atoms with van der Waals surface area (Å²) in [5, 5.41) is 4.30. The Kier molecular flexibility index (Phi) is 7.13. The van der Waals surface area contributed by atoms with Crippen LogP contribution in [0.25, 0.3) is 10.9 Å². The molecule has 2 aromatic rings. The smallest absolute Gasteiger partial charge is 0.262 e. The van der Waals surface area contributed by atoms with Gasteiger partial charge in [0.05, 0.1) is 29.3 Å². The molecule has 152 valence electrons. The molecule has 1 heterocycles. The number of thioether (sulfide) groups is 1. The van der Waals surface area contributed by atoms with Gasteiger partial charge in [-0.1, -0.05) is 43.7 Å². The maximum Gasteiger partial charge on any atom is 0.262 e. The average Bonchev–Trinajstić information content (AvgIpc) is 2.68. The molecular weight excluding hydrogens is 374 g/mol. The second-order valence-corrected chi connectivity index (χ2v) is 8.56. The molecule has 1 aromatic heterocycles. The van der Waals surface area contributed by atoms with Crippen LogP contribution in [0.5, 0.6) is 0 Å². The minimum absolute atomic E-state index is 0.00268. The fourth-order valence-corrected chi connectivity index (χ4v) is 4.75. The van der Waals surface area contributed by atoms with Crippen LogP contribution in [0.3, 0.4) is 0 Å². The molecule has 1 aromatic carbocycles. The maximum absolute atomic E-state index is 13.0. The van der Waals surface area contributed by atoms with Gasteiger partial charge in [-0.15, -0.1) is 0 Å². The standard InChI is InChI=1S/C21H29N3O3S/c1-14-8-4-6-10-17(14)22-19(25)13-28-21-23-18-11-7-5-9-16(18)20(26)24(21)15(2)12-27-3/h5,7,9,11,14-15,17H,4,6,8,10,12-13H2,1-3H3,(H,22,25)/t14-,15+,17+/m1/s1. The molecule has 0 aliphatic heterocycles. The Morgan fingerprint density at radius 3 is 2.86 bits per heavy atom. The average molecular weight is 404 g/mol. The highest BCUT2D eigenvalue weighted by atomic mass is 32.2. The predicted octanol–water partition coefficient (Wildman–Crippen LogP) is 3.39. The molecule has 0 unspecified atom stereocenters. The van der Waals surface area contributed by atoms with Gasteiger partial charge in [0.15, 0.2) is 5.16 Å². The highest BCUT2D eigenvalue weighted by Gasteiger charge is 2.23. The van der Waals surface area contributed by atoms with Gasteiger partial charge in [0.2, 0.25) is 5.91 Å². The summed E-state index contributed by atoms with van der Waals surface area (Å²) in [4.78, 5) is 30.2. The first kappa shape index (κ1) is 20.9. The summed E-state index contributed by atoms with van der Waals surface area (Å²) < 4.78 is 6.89. The Morgan fingerprint density at radius 2 is 2.11 bits per heavy atom. The number of rotatable bonds is 7. The molecule has 1 amide bonds. The van der Waals surface area contributed by atoms with Crippen LogP contribution in [-0.4, -0.2) is 41.0 Å². The summed E-state index contributed by atoms with van der Waals surface area (Å²) in [6.45, 7) is 4.53. The monoisotopic (exact) mass is 403 g/mol. The van der Waals surface area contributed by atoms with E-state index in [1.165, 1.54) is 31.0 Å². The number of para-hydroxylation sites is 1. The summed E-state index contributed by atoms with van der Waals surface area (Å²) in [6.07, 6.45) is 4.62. The molecule has 3 atom stereocenters. The molecule has 1 fully saturated rings. The summed E-state index contributed by atoms with van der Waals surface area (Å²) >= 11 is 1.31. The normalized spacial score (nSPS) is 20.8. The number of amides is 1. The molecule has 1 aliphatic carbocycles. The molecule has 1 saturated carbocycles. The van der Waals surface area contributed by atoms with Crippen LogP contribution < -0.4 is 10.9 Å². The SMILES string of the molecule is COC[C@H](C)n1c(SCC(=O)N[C@H]2CCCC[C@H]2C)nc2ccccc2c1=O. The Hall–Kier alpha value is -1.86. The number of aromatic nitrogens is 2. The summed E-state index contributed by atoms with van der Waals surface area (Å²) in [5.41, 5.74) is 0.552. The fraction of sp³-hybridized carbons (Fsp3) is 0.571. The lowest BCUT2D eigenvalue weighted by atomic mass is 9.86. The molecule has 0 radical (unpaired) electrons. The highest BCUT2D eigenvalue weighted by molar-refractivity contribution is 7.99. The van der Waals surface area contributed by atoms with Crippen molar-refractivity contribution in [1.82, 2.24) is 14.9 Å². The van der Waals surface area contributed by atoms with E-state index >= 15 is 0 Å². The zero-order valence-electron chi connectivity index (χ0n) is 16.8. The Labute approximate surface area is 170 Å². The van der Waals surface area contributed by atoms with Gasteiger partial charge >= 0.3 is 0 Å². The van der Waals surface area contributed by atoms with Crippen LogP contribution in [0.2, 0.25) is 0 Å². The molecule has 28 heavy (non-hydrogen) atoms. The molecule has 1 aliphatic rings. The third-order valence-electron chi connectivity index (χ3n) is 5.41. The van der Waals surface area contributed by atoms with Crippen LogP contribution in [0, 0.1) is 5.92 Å². The van der Waals surface area contributed by atoms with E-state index < -0.39 is 0 Å². The van der Waals surface area contributed by atoms with E-state index in [0.29, 0.717) is 28.6 Å². The Bertz CT molecular complexity index is 883. The van der Waals surface area contributed by atoms with Gasteiger partial charge in [0.1, 0.15) is 0 Å². The quantitative estimate of drug-likeness (QED) is 0.567. The maximum atomic E-state index is 13.0. The van der Waals surface area contributed by atoms with Crippen molar-refractivity contribution in [2.75, 3.05) is 19.5 Å². The van der Waals surface area contributed by atoms with Crippen molar-refractivity contribution < 1.29 is 9.53 Å². The summed E-state index contributed by atoms with van der Waals surface area (Å²) in [6, 6.07) is 7.40. The van der Waals surface area contributed by atoms with Gasteiger partial charge in [-0.25, -0.2) is 4.98 Å². The third-order valence-corrected chi connectivity index (χ3v) is 6.37. The van der Waals surface area contributed by atoms with Gasteiger partial charge in [-0.05, 0) is 37.8 Å². The minimum Gasteiger partial charge on any atom is -0.383 e. The molecule has 0 spiro atoms. The van der Waals surface area contributed by atoms with Gasteiger partial charge < -0.3 is 10.1 Å². The van der Waals surface area contributed by atoms with Crippen LogP contribution in [0.4, 0.5) is 0 Å². The van der Waals surface area contributed by atoms with E-state index in [4.69, 9.17) is 4.74 Å². The van der Waals surface area contributed by atoms with E-state index in [9.17, 15) is 9.59 Å². The van der Waals surface area contributed by atoms with Gasteiger partial charge in [-0.3, -0.25) is 14.2 Å². The van der Waals surface area contributed by atoms with Crippen molar-refractivity contribution in [2.45, 2.75) is 56.8 Å². The van der Waals surface area contributed by atoms with Crippen molar-refractivity contribution in [1.29, 1.82) is 0 Å². The molecule has 0 saturated heterocycles. The number of hydrogen-bond acceptors (Lipinski definition) is 5. The van der Waals surface area contributed by atoms with E-state index in [0.717, 1.165) is 6.42 Å². The van der Waals surface area contributed by atoms with Gasteiger partial charge in [0, 0.05) is 13.2 Å². The van der Waals surface area contributed by atoms with Crippen LogP contribution >= 0.6 is 11.8 Å². The second kappa shape index (κ2) is 9.56.